The van der Waals surface area contributed by atoms with Gasteiger partial charge in [0.1, 0.15) is 0 Å². The lowest BCUT2D eigenvalue weighted by Gasteiger charge is -2.16. The number of sulfonamides is 1. The van der Waals surface area contributed by atoms with E-state index in [1.165, 1.54) is 12.1 Å². The zero-order chi connectivity index (χ0) is 24.3. The van der Waals surface area contributed by atoms with Crippen LogP contribution in [0.1, 0.15) is 39.9 Å². The Morgan fingerprint density at radius 2 is 1.65 bits per heavy atom. The van der Waals surface area contributed by atoms with Crippen molar-refractivity contribution in [3.8, 4) is 0 Å². The summed E-state index contributed by atoms with van der Waals surface area (Å²) in [7, 11) is -3.77. The number of rotatable bonds is 7. The summed E-state index contributed by atoms with van der Waals surface area (Å²) in [6.45, 7) is 4.92. The first-order valence-electron chi connectivity index (χ1n) is 11.1. The zero-order valence-corrected chi connectivity index (χ0v) is 20.0. The third-order valence-corrected chi connectivity index (χ3v) is 7.24. The number of carbonyl (C=O) groups excluding carboxylic acids is 2. The number of aryl methyl sites for hydroxylation is 2. The molecule has 8 heteroatoms. The Hall–Kier alpha value is -3.65. The van der Waals surface area contributed by atoms with Gasteiger partial charge in [-0.3, -0.25) is 14.3 Å². The summed E-state index contributed by atoms with van der Waals surface area (Å²) in [4.78, 5) is 26.5. The normalized spacial score (nSPS) is 13.7. The van der Waals surface area contributed by atoms with E-state index in [9.17, 15) is 18.0 Å². The number of hydrogen-bond acceptors (Lipinski definition) is 4. The van der Waals surface area contributed by atoms with E-state index in [1.807, 2.05) is 38.1 Å². The number of hydrogen-bond donors (Lipinski definition) is 2. The number of para-hydroxylation sites is 1. The van der Waals surface area contributed by atoms with Crippen LogP contribution < -0.4 is 10.0 Å². The molecule has 0 unspecified atom stereocenters. The Morgan fingerprint density at radius 1 is 0.971 bits per heavy atom. The van der Waals surface area contributed by atoms with Crippen molar-refractivity contribution in [3.63, 3.8) is 0 Å². The SMILES string of the molecule is Cc1cccc(C)c1NS(=O)(=O)c1ccc(NC(=O)c2cccc(CN3CCCC3=O)c2)cc1. The van der Waals surface area contributed by atoms with Crippen LogP contribution in [0, 0.1) is 13.8 Å². The van der Waals surface area contributed by atoms with Crippen LogP contribution in [0.25, 0.3) is 0 Å². The van der Waals surface area contributed by atoms with E-state index in [0.717, 1.165) is 29.7 Å². The lowest BCUT2D eigenvalue weighted by atomic mass is 10.1. The predicted molar refractivity (Wildman–Crippen MR) is 132 cm³/mol. The molecule has 1 aliphatic heterocycles. The first-order valence-corrected chi connectivity index (χ1v) is 12.6. The molecule has 2 N–H and O–H groups in total. The molecule has 1 heterocycles. The minimum absolute atomic E-state index is 0.102. The van der Waals surface area contributed by atoms with Gasteiger partial charge < -0.3 is 10.2 Å². The van der Waals surface area contributed by atoms with Gasteiger partial charge in [0.05, 0.1) is 10.6 Å². The Balaban J connectivity index is 1.44. The van der Waals surface area contributed by atoms with Crippen molar-refractivity contribution in [2.45, 2.75) is 38.1 Å². The molecule has 1 aliphatic rings. The molecule has 0 radical (unpaired) electrons. The fourth-order valence-electron chi connectivity index (χ4n) is 3.99. The maximum atomic E-state index is 12.8. The third-order valence-electron chi connectivity index (χ3n) is 5.87. The van der Waals surface area contributed by atoms with Gasteiger partial charge in [0, 0.05) is 30.8 Å². The van der Waals surface area contributed by atoms with Crippen LogP contribution in [-0.4, -0.2) is 31.7 Å². The molecule has 34 heavy (non-hydrogen) atoms. The number of amides is 2. The third kappa shape index (κ3) is 5.28. The molecule has 0 aliphatic carbocycles. The van der Waals surface area contributed by atoms with Gasteiger partial charge in [0.25, 0.3) is 15.9 Å². The lowest BCUT2D eigenvalue weighted by molar-refractivity contribution is -0.128. The molecule has 0 saturated carbocycles. The lowest BCUT2D eigenvalue weighted by Crippen LogP contribution is -2.24. The number of likely N-dealkylation sites (tertiary alicyclic amines) is 1. The summed E-state index contributed by atoms with van der Waals surface area (Å²) in [5.74, 6) is -0.171. The molecule has 0 bridgehead atoms. The fraction of sp³-hybridized carbons (Fsp3) is 0.231. The van der Waals surface area contributed by atoms with E-state index in [4.69, 9.17) is 0 Å². The minimum atomic E-state index is -3.77. The molecule has 0 aromatic heterocycles. The summed E-state index contributed by atoms with van der Waals surface area (Å²) in [5.41, 5.74) is 4.08. The summed E-state index contributed by atoms with van der Waals surface area (Å²) in [6.07, 6.45) is 1.44. The Kier molecular flexibility index (Phi) is 6.70. The standard InChI is InChI=1S/C26H27N3O4S/c1-18-6-3-7-19(2)25(18)28-34(32,33)23-13-11-22(12-14-23)27-26(31)21-9-4-8-20(16-21)17-29-15-5-10-24(29)30/h3-4,6-9,11-14,16,28H,5,10,15,17H2,1-2H3,(H,27,31). The van der Waals surface area contributed by atoms with Crippen LogP contribution in [0.5, 0.6) is 0 Å². The Labute approximate surface area is 199 Å². The average molecular weight is 478 g/mol. The van der Waals surface area contributed by atoms with Crippen LogP contribution in [0.3, 0.4) is 0 Å². The molecule has 1 fully saturated rings. The number of nitrogens with one attached hydrogen (secondary N) is 2. The van der Waals surface area contributed by atoms with E-state index in [1.54, 1.807) is 35.2 Å². The Bertz CT molecular complexity index is 1310. The monoisotopic (exact) mass is 477 g/mol. The number of benzene rings is 3. The van der Waals surface area contributed by atoms with Crippen molar-refractivity contribution >= 4 is 33.2 Å². The highest BCUT2D eigenvalue weighted by atomic mass is 32.2. The fourth-order valence-corrected chi connectivity index (χ4v) is 5.19. The second kappa shape index (κ2) is 9.69. The van der Waals surface area contributed by atoms with Crippen LogP contribution >= 0.6 is 0 Å². The molecular weight excluding hydrogens is 450 g/mol. The summed E-state index contributed by atoms with van der Waals surface area (Å²) < 4.78 is 28.3. The minimum Gasteiger partial charge on any atom is -0.338 e. The second-order valence-corrected chi connectivity index (χ2v) is 10.2. The highest BCUT2D eigenvalue weighted by Crippen LogP contribution is 2.24. The maximum absolute atomic E-state index is 12.8. The number of nitrogens with zero attached hydrogens (tertiary/aromatic N) is 1. The van der Waals surface area contributed by atoms with Crippen LogP contribution in [0.15, 0.2) is 71.6 Å². The number of carbonyl (C=O) groups is 2. The van der Waals surface area contributed by atoms with E-state index < -0.39 is 10.0 Å². The van der Waals surface area contributed by atoms with E-state index in [-0.39, 0.29) is 16.7 Å². The molecule has 3 aromatic carbocycles. The highest BCUT2D eigenvalue weighted by molar-refractivity contribution is 7.92. The average Bonchev–Trinajstić information content (AvgIpc) is 3.21. The topological polar surface area (TPSA) is 95.6 Å². The van der Waals surface area contributed by atoms with Crippen molar-refractivity contribution in [2.24, 2.45) is 0 Å². The van der Waals surface area contributed by atoms with E-state index in [2.05, 4.69) is 10.0 Å². The maximum Gasteiger partial charge on any atom is 0.261 e. The summed E-state index contributed by atoms with van der Waals surface area (Å²) in [5, 5.41) is 2.80. The molecule has 2 amide bonds. The van der Waals surface area contributed by atoms with Gasteiger partial charge in [-0.1, -0.05) is 30.3 Å². The van der Waals surface area contributed by atoms with Crippen molar-refractivity contribution < 1.29 is 18.0 Å². The van der Waals surface area contributed by atoms with Gasteiger partial charge in [-0.25, -0.2) is 8.42 Å². The largest absolute Gasteiger partial charge is 0.338 e. The van der Waals surface area contributed by atoms with Gasteiger partial charge >= 0.3 is 0 Å². The first kappa shape index (κ1) is 23.5. The van der Waals surface area contributed by atoms with E-state index in [0.29, 0.717) is 29.9 Å². The van der Waals surface area contributed by atoms with E-state index >= 15 is 0 Å². The molecule has 0 spiro atoms. The molecule has 4 rings (SSSR count). The summed E-state index contributed by atoms with van der Waals surface area (Å²) in [6, 6.07) is 18.8. The molecule has 3 aromatic rings. The predicted octanol–water partition coefficient (Wildman–Crippen LogP) is 4.48. The highest BCUT2D eigenvalue weighted by Gasteiger charge is 2.20. The zero-order valence-electron chi connectivity index (χ0n) is 19.2. The smallest absolute Gasteiger partial charge is 0.261 e. The van der Waals surface area contributed by atoms with Crippen LogP contribution in [0.4, 0.5) is 11.4 Å². The first-order chi connectivity index (χ1) is 16.2. The van der Waals surface area contributed by atoms with Gasteiger partial charge in [-0.05, 0) is 73.4 Å². The van der Waals surface area contributed by atoms with Gasteiger partial charge in [-0.15, -0.1) is 0 Å². The second-order valence-electron chi connectivity index (χ2n) is 8.47. The Morgan fingerprint density at radius 3 is 2.29 bits per heavy atom. The van der Waals surface area contributed by atoms with Crippen LogP contribution in [0.2, 0.25) is 0 Å². The molecule has 7 nitrogen and oxygen atoms in total. The quantitative estimate of drug-likeness (QED) is 0.525. The summed E-state index contributed by atoms with van der Waals surface area (Å²) >= 11 is 0. The molecule has 0 atom stereocenters. The van der Waals surface area contributed by atoms with Gasteiger partial charge in [0.2, 0.25) is 5.91 Å². The van der Waals surface area contributed by atoms with Crippen molar-refractivity contribution in [2.75, 3.05) is 16.6 Å². The van der Waals surface area contributed by atoms with Crippen molar-refractivity contribution in [1.82, 2.24) is 4.90 Å². The van der Waals surface area contributed by atoms with Crippen LogP contribution in [-0.2, 0) is 21.4 Å². The van der Waals surface area contributed by atoms with Gasteiger partial charge in [0.15, 0.2) is 0 Å². The number of anilines is 2. The van der Waals surface area contributed by atoms with Gasteiger partial charge in [-0.2, -0.15) is 0 Å². The molecule has 176 valence electrons. The molecule has 1 saturated heterocycles. The molecular formula is C26H27N3O4S. The van der Waals surface area contributed by atoms with Crippen molar-refractivity contribution in [1.29, 1.82) is 0 Å². The van der Waals surface area contributed by atoms with Crippen molar-refractivity contribution in [3.05, 3.63) is 89.0 Å².